The Bertz CT molecular complexity index is 922. The van der Waals surface area contributed by atoms with E-state index in [1.165, 1.54) is 11.8 Å². The van der Waals surface area contributed by atoms with Crippen molar-refractivity contribution in [3.63, 3.8) is 0 Å². The summed E-state index contributed by atoms with van der Waals surface area (Å²) in [6.07, 6.45) is 2.46. The van der Waals surface area contributed by atoms with Gasteiger partial charge in [-0.3, -0.25) is 14.2 Å². The highest BCUT2D eigenvalue weighted by Gasteiger charge is 2.32. The number of fused-ring (bicyclic) bond motifs is 1. The Balaban J connectivity index is 1.44. The zero-order valence-electron chi connectivity index (χ0n) is 16.3. The third-order valence-corrected chi connectivity index (χ3v) is 6.66. The summed E-state index contributed by atoms with van der Waals surface area (Å²) in [5.41, 5.74) is 1.57. The molecular weight excluding hydrogens is 374 g/mol. The highest BCUT2D eigenvalue weighted by atomic mass is 32.2. The first-order valence-corrected chi connectivity index (χ1v) is 10.7. The summed E-state index contributed by atoms with van der Waals surface area (Å²) in [5, 5.41) is 0.740. The SMILES string of the molecule is CCc1c(C)nc2n(c1=O)CC(C(=O)N1CCN(c3ccccn3)CC1)CS2. The molecule has 4 heterocycles. The van der Waals surface area contributed by atoms with E-state index in [1.54, 1.807) is 10.8 Å². The molecule has 7 nitrogen and oxygen atoms in total. The molecule has 28 heavy (non-hydrogen) atoms. The molecule has 1 fully saturated rings. The third-order valence-electron chi connectivity index (χ3n) is 5.52. The van der Waals surface area contributed by atoms with Gasteiger partial charge in [-0.05, 0) is 25.5 Å². The van der Waals surface area contributed by atoms with Crippen molar-refractivity contribution in [1.29, 1.82) is 0 Å². The molecule has 1 amide bonds. The van der Waals surface area contributed by atoms with Gasteiger partial charge in [0.15, 0.2) is 5.16 Å². The molecule has 2 aromatic rings. The lowest BCUT2D eigenvalue weighted by Crippen LogP contribution is -2.52. The molecule has 148 valence electrons. The van der Waals surface area contributed by atoms with Gasteiger partial charge in [-0.1, -0.05) is 24.8 Å². The van der Waals surface area contributed by atoms with Crippen LogP contribution in [0.25, 0.3) is 0 Å². The Morgan fingerprint density at radius 3 is 2.71 bits per heavy atom. The minimum absolute atomic E-state index is 0.00923. The van der Waals surface area contributed by atoms with Gasteiger partial charge in [-0.25, -0.2) is 9.97 Å². The van der Waals surface area contributed by atoms with Gasteiger partial charge in [-0.2, -0.15) is 0 Å². The molecule has 8 heteroatoms. The van der Waals surface area contributed by atoms with Crippen LogP contribution in [0, 0.1) is 12.8 Å². The van der Waals surface area contributed by atoms with Gasteiger partial charge < -0.3 is 9.80 Å². The number of aromatic nitrogens is 3. The largest absolute Gasteiger partial charge is 0.353 e. The maximum absolute atomic E-state index is 13.1. The average molecular weight is 400 g/mol. The Hall–Kier alpha value is -2.35. The van der Waals surface area contributed by atoms with Crippen molar-refractivity contribution < 1.29 is 4.79 Å². The molecule has 0 radical (unpaired) electrons. The van der Waals surface area contributed by atoms with E-state index in [1.807, 2.05) is 36.9 Å². The summed E-state index contributed by atoms with van der Waals surface area (Å²) in [6.45, 7) is 7.22. The summed E-state index contributed by atoms with van der Waals surface area (Å²) in [7, 11) is 0. The van der Waals surface area contributed by atoms with Gasteiger partial charge in [0, 0.05) is 55.9 Å². The lowest BCUT2D eigenvalue weighted by Gasteiger charge is -2.37. The number of piperazine rings is 1. The van der Waals surface area contributed by atoms with Crippen molar-refractivity contribution in [2.45, 2.75) is 32.0 Å². The molecule has 0 saturated carbocycles. The number of carbonyl (C=O) groups excluding carboxylic acids is 1. The number of hydrogen-bond donors (Lipinski definition) is 0. The Morgan fingerprint density at radius 1 is 1.25 bits per heavy atom. The van der Waals surface area contributed by atoms with Gasteiger partial charge in [0.1, 0.15) is 5.82 Å². The molecular formula is C20H25N5O2S. The smallest absolute Gasteiger partial charge is 0.257 e. The highest BCUT2D eigenvalue weighted by molar-refractivity contribution is 7.99. The topological polar surface area (TPSA) is 71.3 Å². The van der Waals surface area contributed by atoms with Crippen molar-refractivity contribution in [1.82, 2.24) is 19.4 Å². The highest BCUT2D eigenvalue weighted by Crippen LogP contribution is 2.27. The normalized spacial score (nSPS) is 19.4. The zero-order valence-corrected chi connectivity index (χ0v) is 17.1. The second-order valence-electron chi connectivity index (χ2n) is 7.24. The molecule has 1 saturated heterocycles. The van der Waals surface area contributed by atoms with Crippen molar-refractivity contribution in [2.24, 2.45) is 5.92 Å². The van der Waals surface area contributed by atoms with E-state index >= 15 is 0 Å². The maximum atomic E-state index is 13.1. The van der Waals surface area contributed by atoms with E-state index in [4.69, 9.17) is 0 Å². The van der Waals surface area contributed by atoms with E-state index in [0.717, 1.165) is 35.3 Å². The van der Waals surface area contributed by atoms with Gasteiger partial charge in [0.05, 0.1) is 5.92 Å². The number of hydrogen-bond acceptors (Lipinski definition) is 6. The summed E-state index contributed by atoms with van der Waals surface area (Å²) < 4.78 is 1.70. The minimum Gasteiger partial charge on any atom is -0.353 e. The van der Waals surface area contributed by atoms with Crippen LogP contribution < -0.4 is 10.5 Å². The first kappa shape index (κ1) is 19.0. The van der Waals surface area contributed by atoms with Gasteiger partial charge in [0.2, 0.25) is 5.91 Å². The van der Waals surface area contributed by atoms with Gasteiger partial charge >= 0.3 is 0 Å². The standard InChI is InChI=1S/C20H25N5O2S/c1-3-16-14(2)22-20-25(19(16)27)12-15(13-28-20)18(26)24-10-8-23(9-11-24)17-6-4-5-7-21-17/h4-7,15H,3,8-13H2,1-2H3. The number of nitrogens with zero attached hydrogens (tertiary/aromatic N) is 5. The Labute approximate surface area is 168 Å². The van der Waals surface area contributed by atoms with Crippen LogP contribution in [0.15, 0.2) is 34.3 Å². The second kappa shape index (κ2) is 7.95. The van der Waals surface area contributed by atoms with Crippen LogP contribution in [-0.4, -0.2) is 57.3 Å². The fourth-order valence-electron chi connectivity index (χ4n) is 3.91. The molecule has 2 aliphatic heterocycles. The van der Waals surface area contributed by atoms with Crippen LogP contribution in [0.4, 0.5) is 5.82 Å². The van der Waals surface area contributed by atoms with E-state index in [2.05, 4.69) is 14.9 Å². The van der Waals surface area contributed by atoms with E-state index in [0.29, 0.717) is 31.8 Å². The lowest BCUT2D eigenvalue weighted by atomic mass is 10.1. The molecule has 0 N–H and O–H groups in total. The van der Waals surface area contributed by atoms with Crippen molar-refractivity contribution in [2.75, 3.05) is 36.8 Å². The molecule has 4 rings (SSSR count). The summed E-state index contributed by atoms with van der Waals surface area (Å²) >= 11 is 1.52. The van der Waals surface area contributed by atoms with Crippen LogP contribution in [-0.2, 0) is 17.8 Å². The molecule has 1 atom stereocenters. The lowest BCUT2D eigenvalue weighted by molar-refractivity contribution is -0.135. The predicted octanol–water partition coefficient (Wildman–Crippen LogP) is 1.58. The molecule has 2 aliphatic rings. The number of rotatable bonds is 3. The first-order chi connectivity index (χ1) is 13.6. The fourth-order valence-corrected chi connectivity index (χ4v) is 5.02. The van der Waals surface area contributed by atoms with E-state index in [9.17, 15) is 9.59 Å². The molecule has 0 aromatic carbocycles. The minimum atomic E-state index is -0.175. The van der Waals surface area contributed by atoms with E-state index < -0.39 is 0 Å². The summed E-state index contributed by atoms with van der Waals surface area (Å²) in [6, 6.07) is 5.89. The van der Waals surface area contributed by atoms with E-state index in [-0.39, 0.29) is 17.4 Å². The number of carbonyl (C=O) groups is 1. The number of amides is 1. The van der Waals surface area contributed by atoms with Crippen molar-refractivity contribution in [3.8, 4) is 0 Å². The fraction of sp³-hybridized carbons (Fsp3) is 0.500. The van der Waals surface area contributed by atoms with Crippen LogP contribution in [0.5, 0.6) is 0 Å². The molecule has 0 aliphatic carbocycles. The summed E-state index contributed by atoms with van der Waals surface area (Å²) in [5.74, 6) is 1.60. The number of thioether (sulfide) groups is 1. The monoisotopic (exact) mass is 399 g/mol. The van der Waals surface area contributed by atoms with Gasteiger partial charge in [-0.15, -0.1) is 0 Å². The van der Waals surface area contributed by atoms with Crippen LogP contribution in [0.3, 0.4) is 0 Å². The Morgan fingerprint density at radius 2 is 2.04 bits per heavy atom. The third kappa shape index (κ3) is 3.53. The molecule has 0 bridgehead atoms. The van der Waals surface area contributed by atoms with Crippen molar-refractivity contribution >= 4 is 23.5 Å². The Kier molecular flexibility index (Phi) is 5.39. The molecule has 2 aromatic heterocycles. The van der Waals surface area contributed by atoms with Gasteiger partial charge in [0.25, 0.3) is 5.56 Å². The zero-order chi connectivity index (χ0) is 19.7. The second-order valence-corrected chi connectivity index (χ2v) is 8.22. The van der Waals surface area contributed by atoms with Crippen LogP contribution in [0.1, 0.15) is 18.2 Å². The quantitative estimate of drug-likeness (QED) is 0.730. The maximum Gasteiger partial charge on any atom is 0.257 e. The molecule has 1 unspecified atom stereocenters. The van der Waals surface area contributed by atoms with Crippen LogP contribution in [0.2, 0.25) is 0 Å². The summed E-state index contributed by atoms with van der Waals surface area (Å²) in [4.78, 5) is 39.0. The van der Waals surface area contributed by atoms with Crippen molar-refractivity contribution in [3.05, 3.63) is 46.0 Å². The number of aryl methyl sites for hydroxylation is 1. The first-order valence-electron chi connectivity index (χ1n) is 9.76. The predicted molar refractivity (Wildman–Crippen MR) is 110 cm³/mol. The number of anilines is 1. The van der Waals surface area contributed by atoms with Crippen LogP contribution >= 0.6 is 11.8 Å². The number of pyridine rings is 1. The molecule has 0 spiro atoms. The average Bonchev–Trinajstić information content (AvgIpc) is 2.74.